The van der Waals surface area contributed by atoms with Gasteiger partial charge in [0.25, 0.3) is 5.56 Å². The molecule has 8 heteroatoms. The molecule has 7 nitrogen and oxygen atoms in total. The molecule has 1 aromatic heterocycles. The van der Waals surface area contributed by atoms with E-state index in [1.54, 1.807) is 4.57 Å². The minimum Gasteiger partial charge on any atom is -0.460 e. The molecule has 0 bridgehead atoms. The number of anilines is 2. The van der Waals surface area contributed by atoms with Gasteiger partial charge in [0.05, 0.1) is 16.8 Å². The third kappa shape index (κ3) is 4.78. The van der Waals surface area contributed by atoms with Crippen molar-refractivity contribution in [2.24, 2.45) is 0 Å². The Bertz CT molecular complexity index is 1320. The van der Waals surface area contributed by atoms with E-state index in [1.165, 1.54) is 6.92 Å². The van der Waals surface area contributed by atoms with E-state index < -0.39 is 6.10 Å². The Kier molecular flexibility index (Phi) is 7.17. The van der Waals surface area contributed by atoms with Gasteiger partial charge >= 0.3 is 5.97 Å². The Labute approximate surface area is 210 Å². The summed E-state index contributed by atoms with van der Waals surface area (Å²) in [6, 6.07) is 13.4. The number of rotatable bonds is 7. The molecule has 1 N–H and O–H groups in total. The molecule has 0 amide bonds. The van der Waals surface area contributed by atoms with Crippen LogP contribution >= 0.6 is 11.6 Å². The molecule has 1 heterocycles. The number of hydrogen-bond donors (Lipinski definition) is 1. The Balaban J connectivity index is 1.81. The first-order valence-corrected chi connectivity index (χ1v) is 12.2. The third-order valence-corrected chi connectivity index (χ3v) is 6.72. The molecule has 2 atom stereocenters. The van der Waals surface area contributed by atoms with Crippen molar-refractivity contribution in [3.8, 4) is 11.4 Å². The van der Waals surface area contributed by atoms with Crippen LogP contribution in [-0.4, -0.2) is 35.7 Å². The maximum atomic E-state index is 13.8. The van der Waals surface area contributed by atoms with E-state index in [4.69, 9.17) is 21.3 Å². The highest BCUT2D eigenvalue weighted by Crippen LogP contribution is 2.37. The molecule has 0 unspecified atom stereocenters. The van der Waals surface area contributed by atoms with Gasteiger partial charge in [-0.1, -0.05) is 42.8 Å². The summed E-state index contributed by atoms with van der Waals surface area (Å²) in [6.07, 6.45) is 0.738. The molecule has 0 saturated heterocycles. The molecule has 0 fully saturated rings. The fourth-order valence-corrected chi connectivity index (χ4v) is 4.93. The lowest BCUT2D eigenvalue weighted by molar-refractivity contribution is -0.146. The van der Waals surface area contributed by atoms with Gasteiger partial charge in [0, 0.05) is 45.2 Å². The van der Waals surface area contributed by atoms with Crippen LogP contribution in [0.4, 0.5) is 11.4 Å². The van der Waals surface area contributed by atoms with Gasteiger partial charge in [-0.05, 0) is 42.7 Å². The average molecular weight is 495 g/mol. The predicted molar refractivity (Wildman–Crippen MR) is 140 cm³/mol. The molecular formula is C27H31ClN4O3. The van der Waals surface area contributed by atoms with Gasteiger partial charge in [-0.2, -0.15) is 0 Å². The normalized spacial score (nSPS) is 16.6. The fraction of sp³-hybridized carbons (Fsp3) is 0.370. The van der Waals surface area contributed by atoms with Crippen LogP contribution in [0.15, 0.2) is 47.3 Å². The molecule has 35 heavy (non-hydrogen) atoms. The van der Waals surface area contributed by atoms with Gasteiger partial charge in [0.15, 0.2) is 0 Å². The molecule has 4 rings (SSSR count). The second kappa shape index (κ2) is 10.1. The molecule has 0 aliphatic heterocycles. The highest BCUT2D eigenvalue weighted by atomic mass is 35.5. The van der Waals surface area contributed by atoms with E-state index >= 15 is 0 Å². The molecule has 3 aromatic rings. The van der Waals surface area contributed by atoms with E-state index in [1.807, 2.05) is 75.3 Å². The smallest absolute Gasteiger partial charge is 0.302 e. The lowest BCUT2D eigenvalue weighted by atomic mass is 10.1. The van der Waals surface area contributed by atoms with Crippen LogP contribution in [-0.2, 0) is 28.9 Å². The van der Waals surface area contributed by atoms with E-state index in [0.717, 1.165) is 16.8 Å². The van der Waals surface area contributed by atoms with Gasteiger partial charge in [-0.3, -0.25) is 14.2 Å². The minimum atomic E-state index is -0.406. The lowest BCUT2D eigenvalue weighted by Crippen LogP contribution is -2.32. The monoisotopic (exact) mass is 494 g/mol. The number of fused-ring (bicyclic) bond motifs is 1. The number of nitrogens with one attached hydrogen (secondary N) is 1. The average Bonchev–Trinajstić information content (AvgIpc) is 3.16. The molecule has 1 aliphatic rings. The van der Waals surface area contributed by atoms with Crippen molar-refractivity contribution in [3.63, 3.8) is 0 Å². The highest BCUT2D eigenvalue weighted by Gasteiger charge is 2.36. The second-order valence-electron chi connectivity index (χ2n) is 8.89. The van der Waals surface area contributed by atoms with Gasteiger partial charge in [-0.25, -0.2) is 4.98 Å². The predicted octanol–water partition coefficient (Wildman–Crippen LogP) is 4.85. The number of halogens is 1. The van der Waals surface area contributed by atoms with Crippen LogP contribution in [0.1, 0.15) is 43.6 Å². The number of aryl methyl sites for hydroxylation is 1. The van der Waals surface area contributed by atoms with Crippen molar-refractivity contribution in [2.45, 2.75) is 52.3 Å². The Morgan fingerprint density at radius 3 is 2.60 bits per heavy atom. The number of nitrogens with zero attached hydrogens (tertiary/aromatic N) is 3. The van der Waals surface area contributed by atoms with Crippen molar-refractivity contribution >= 4 is 28.9 Å². The summed E-state index contributed by atoms with van der Waals surface area (Å²) in [7, 11) is 3.90. The van der Waals surface area contributed by atoms with E-state index in [-0.39, 0.29) is 17.6 Å². The molecule has 0 radical (unpaired) electrons. The Morgan fingerprint density at radius 1 is 1.23 bits per heavy atom. The standard InChI is InChI=1S/C27H31ClN4O3/c1-6-22-25(30-24-19-11-9-8-10-17(19)14-23(24)35-16(3)33)27(34)32(7-2)26(29-22)20-13-12-18(31(4)5)15-21(20)28/h8-13,15,23-24,30H,6-7,14H2,1-5H3/t23-,24-/m0/s1. The largest absolute Gasteiger partial charge is 0.460 e. The quantitative estimate of drug-likeness (QED) is 0.473. The molecule has 1 aliphatic carbocycles. The maximum absolute atomic E-state index is 13.8. The molecular weight excluding hydrogens is 464 g/mol. The van der Waals surface area contributed by atoms with Gasteiger partial charge in [0.2, 0.25) is 0 Å². The Morgan fingerprint density at radius 2 is 1.97 bits per heavy atom. The summed E-state index contributed by atoms with van der Waals surface area (Å²) in [5.41, 5.74) is 4.70. The summed E-state index contributed by atoms with van der Waals surface area (Å²) in [6.45, 7) is 5.72. The van der Waals surface area contributed by atoms with Crippen molar-refractivity contribution in [1.29, 1.82) is 0 Å². The minimum absolute atomic E-state index is 0.173. The summed E-state index contributed by atoms with van der Waals surface area (Å²) in [4.78, 5) is 32.5. The molecule has 0 spiro atoms. The van der Waals surface area contributed by atoms with Gasteiger partial charge in [-0.15, -0.1) is 0 Å². The second-order valence-corrected chi connectivity index (χ2v) is 9.30. The fourth-order valence-electron chi connectivity index (χ4n) is 4.67. The zero-order valence-electron chi connectivity index (χ0n) is 20.8. The number of ether oxygens (including phenoxy) is 1. The zero-order valence-corrected chi connectivity index (χ0v) is 21.5. The van der Waals surface area contributed by atoms with Crippen molar-refractivity contribution < 1.29 is 9.53 Å². The number of carbonyl (C=O) groups excluding carboxylic acids is 1. The van der Waals surface area contributed by atoms with Crippen molar-refractivity contribution in [1.82, 2.24) is 9.55 Å². The number of carbonyl (C=O) groups is 1. The highest BCUT2D eigenvalue weighted by molar-refractivity contribution is 6.33. The number of hydrogen-bond acceptors (Lipinski definition) is 6. The SMILES string of the molecule is CCc1nc(-c2ccc(N(C)C)cc2Cl)n(CC)c(=O)c1N[C@H]1c2ccccc2C[C@@H]1OC(C)=O. The molecule has 184 valence electrons. The van der Waals surface area contributed by atoms with E-state index in [9.17, 15) is 9.59 Å². The summed E-state index contributed by atoms with van der Waals surface area (Å²) in [5.74, 6) is 0.194. The summed E-state index contributed by atoms with van der Waals surface area (Å²) < 4.78 is 7.27. The maximum Gasteiger partial charge on any atom is 0.302 e. The van der Waals surface area contributed by atoms with Crippen LogP contribution in [0.5, 0.6) is 0 Å². The topological polar surface area (TPSA) is 76.5 Å². The first-order chi connectivity index (χ1) is 16.7. The van der Waals surface area contributed by atoms with Crippen LogP contribution < -0.4 is 15.8 Å². The number of esters is 1. The van der Waals surface area contributed by atoms with Crippen molar-refractivity contribution in [2.75, 3.05) is 24.3 Å². The first-order valence-electron chi connectivity index (χ1n) is 11.9. The summed E-state index contributed by atoms with van der Waals surface area (Å²) >= 11 is 6.64. The first kappa shape index (κ1) is 24.8. The van der Waals surface area contributed by atoms with E-state index in [0.29, 0.717) is 47.2 Å². The van der Waals surface area contributed by atoms with Crippen molar-refractivity contribution in [3.05, 3.63) is 74.7 Å². The lowest BCUT2D eigenvalue weighted by Gasteiger charge is -2.25. The molecule has 2 aromatic carbocycles. The van der Waals surface area contributed by atoms with Crippen LogP contribution in [0.2, 0.25) is 5.02 Å². The number of benzene rings is 2. The van der Waals surface area contributed by atoms with Crippen LogP contribution in [0.3, 0.4) is 0 Å². The third-order valence-electron chi connectivity index (χ3n) is 6.41. The van der Waals surface area contributed by atoms with Crippen LogP contribution in [0.25, 0.3) is 11.4 Å². The number of aromatic nitrogens is 2. The van der Waals surface area contributed by atoms with Gasteiger partial charge < -0.3 is 15.0 Å². The summed E-state index contributed by atoms with van der Waals surface area (Å²) in [5, 5.41) is 3.95. The van der Waals surface area contributed by atoms with Gasteiger partial charge in [0.1, 0.15) is 17.6 Å². The Hall–Kier alpha value is -3.32. The zero-order chi connectivity index (χ0) is 25.3. The van der Waals surface area contributed by atoms with Crippen LogP contribution in [0, 0.1) is 0 Å². The van der Waals surface area contributed by atoms with E-state index in [2.05, 4.69) is 5.32 Å². The molecule has 0 saturated carbocycles.